The second-order valence-electron chi connectivity index (χ2n) is 3.39. The number of rotatable bonds is 4. The van der Waals surface area contributed by atoms with E-state index in [2.05, 4.69) is 0 Å². The number of aromatic carboxylic acids is 1. The lowest BCUT2D eigenvalue weighted by Gasteiger charge is -2.03. The van der Waals surface area contributed by atoms with E-state index in [4.69, 9.17) is 14.3 Å². The molecule has 78 valence electrons. The molecule has 1 rings (SSSR count). The van der Waals surface area contributed by atoms with E-state index in [-0.39, 0.29) is 11.9 Å². The first kappa shape index (κ1) is 10.8. The summed E-state index contributed by atoms with van der Waals surface area (Å²) in [5, 5.41) is 8.72. The molecular weight excluding hydrogens is 184 g/mol. The van der Waals surface area contributed by atoms with Crippen molar-refractivity contribution in [3.8, 4) is 0 Å². The van der Waals surface area contributed by atoms with Crippen LogP contribution in [-0.2, 0) is 11.3 Å². The van der Waals surface area contributed by atoms with Crippen molar-refractivity contribution in [2.45, 2.75) is 33.5 Å². The summed E-state index contributed by atoms with van der Waals surface area (Å²) in [6, 6.07) is 1.69. The Morgan fingerprint density at radius 3 is 2.71 bits per heavy atom. The molecule has 1 aromatic heterocycles. The van der Waals surface area contributed by atoms with Gasteiger partial charge in [-0.2, -0.15) is 0 Å². The minimum absolute atomic E-state index is 0.00708. The van der Waals surface area contributed by atoms with Crippen molar-refractivity contribution in [2.75, 3.05) is 0 Å². The third kappa shape index (κ3) is 2.60. The van der Waals surface area contributed by atoms with Crippen LogP contribution in [0.1, 0.15) is 35.7 Å². The van der Waals surface area contributed by atoms with E-state index in [1.54, 1.807) is 13.0 Å². The summed E-state index contributed by atoms with van der Waals surface area (Å²) >= 11 is 0. The second-order valence-corrected chi connectivity index (χ2v) is 3.39. The summed E-state index contributed by atoms with van der Waals surface area (Å²) in [7, 11) is 0. The highest BCUT2D eigenvalue weighted by Gasteiger charge is 2.14. The van der Waals surface area contributed by atoms with E-state index in [9.17, 15) is 4.79 Å². The maximum absolute atomic E-state index is 10.6. The third-order valence-corrected chi connectivity index (χ3v) is 1.72. The van der Waals surface area contributed by atoms with E-state index < -0.39 is 5.97 Å². The molecule has 1 aromatic rings. The van der Waals surface area contributed by atoms with Crippen molar-refractivity contribution < 1.29 is 19.1 Å². The Hall–Kier alpha value is -1.29. The van der Waals surface area contributed by atoms with Gasteiger partial charge in [-0.3, -0.25) is 0 Å². The van der Waals surface area contributed by atoms with Crippen molar-refractivity contribution in [1.29, 1.82) is 0 Å². The number of hydrogen-bond acceptors (Lipinski definition) is 3. The standard InChI is InChI=1S/C10H14O4/c1-6(2)13-5-8-4-7(3)9(14-8)10(11)12/h4,6H,5H2,1-3H3,(H,11,12). The van der Waals surface area contributed by atoms with Crippen molar-refractivity contribution in [1.82, 2.24) is 0 Å². The summed E-state index contributed by atoms with van der Waals surface area (Å²) < 4.78 is 10.4. The molecule has 0 amide bonds. The van der Waals surface area contributed by atoms with E-state index in [0.29, 0.717) is 17.9 Å². The van der Waals surface area contributed by atoms with Crippen LogP contribution in [-0.4, -0.2) is 17.2 Å². The lowest BCUT2D eigenvalue weighted by molar-refractivity contribution is 0.0512. The van der Waals surface area contributed by atoms with Gasteiger partial charge in [-0.25, -0.2) is 4.79 Å². The fourth-order valence-electron chi connectivity index (χ4n) is 1.08. The molecule has 0 fully saturated rings. The van der Waals surface area contributed by atoms with Crippen LogP contribution in [0.2, 0.25) is 0 Å². The summed E-state index contributed by atoms with van der Waals surface area (Å²) in [5.41, 5.74) is 0.625. The molecule has 0 saturated heterocycles. The van der Waals surface area contributed by atoms with E-state index in [0.717, 1.165) is 0 Å². The maximum Gasteiger partial charge on any atom is 0.372 e. The van der Waals surface area contributed by atoms with Gasteiger partial charge in [-0.15, -0.1) is 0 Å². The molecule has 0 aliphatic heterocycles. The quantitative estimate of drug-likeness (QED) is 0.805. The van der Waals surface area contributed by atoms with Crippen LogP contribution in [0.25, 0.3) is 0 Å². The lowest BCUT2D eigenvalue weighted by atomic mass is 10.3. The molecular formula is C10H14O4. The molecule has 0 spiro atoms. The van der Waals surface area contributed by atoms with Crippen LogP contribution >= 0.6 is 0 Å². The van der Waals surface area contributed by atoms with Gasteiger partial charge in [0, 0.05) is 5.56 Å². The molecule has 0 aliphatic carbocycles. The third-order valence-electron chi connectivity index (χ3n) is 1.72. The molecule has 0 aliphatic rings. The molecule has 0 atom stereocenters. The van der Waals surface area contributed by atoms with Gasteiger partial charge in [0.15, 0.2) is 0 Å². The van der Waals surface area contributed by atoms with Gasteiger partial charge in [-0.05, 0) is 26.8 Å². The molecule has 14 heavy (non-hydrogen) atoms. The topological polar surface area (TPSA) is 59.7 Å². The number of hydrogen-bond donors (Lipinski definition) is 1. The Bertz CT molecular complexity index is 325. The van der Waals surface area contributed by atoms with E-state index in [1.165, 1.54) is 0 Å². The Balaban J connectivity index is 2.71. The van der Waals surface area contributed by atoms with Gasteiger partial charge in [0.05, 0.1) is 6.10 Å². The first-order chi connectivity index (χ1) is 6.50. The largest absolute Gasteiger partial charge is 0.475 e. The molecule has 0 radical (unpaired) electrons. The van der Waals surface area contributed by atoms with E-state index in [1.807, 2.05) is 13.8 Å². The zero-order chi connectivity index (χ0) is 10.7. The van der Waals surface area contributed by atoms with Gasteiger partial charge in [-0.1, -0.05) is 0 Å². The highest BCUT2D eigenvalue weighted by molar-refractivity contribution is 5.86. The summed E-state index contributed by atoms with van der Waals surface area (Å²) in [6.45, 7) is 5.83. The van der Waals surface area contributed by atoms with Crippen LogP contribution in [0.3, 0.4) is 0 Å². The zero-order valence-corrected chi connectivity index (χ0v) is 8.53. The average molecular weight is 198 g/mol. The van der Waals surface area contributed by atoms with Crippen molar-refractivity contribution in [3.63, 3.8) is 0 Å². The molecule has 1 heterocycles. The van der Waals surface area contributed by atoms with Crippen molar-refractivity contribution in [2.24, 2.45) is 0 Å². The number of carboxylic acids is 1. The minimum Gasteiger partial charge on any atom is -0.475 e. The number of ether oxygens (including phenoxy) is 1. The molecule has 0 unspecified atom stereocenters. The maximum atomic E-state index is 10.6. The minimum atomic E-state index is -1.04. The summed E-state index contributed by atoms with van der Waals surface area (Å²) in [6.07, 6.45) is 0.105. The van der Waals surface area contributed by atoms with Gasteiger partial charge in [0.1, 0.15) is 12.4 Å². The highest BCUT2D eigenvalue weighted by atomic mass is 16.5. The van der Waals surface area contributed by atoms with Crippen LogP contribution in [0.4, 0.5) is 0 Å². The molecule has 4 nitrogen and oxygen atoms in total. The second kappa shape index (κ2) is 4.28. The van der Waals surface area contributed by atoms with E-state index >= 15 is 0 Å². The molecule has 0 saturated carbocycles. The van der Waals surface area contributed by atoms with Crippen molar-refractivity contribution in [3.05, 3.63) is 23.2 Å². The average Bonchev–Trinajstić information content (AvgIpc) is 2.43. The fraction of sp³-hybridized carbons (Fsp3) is 0.500. The normalized spacial score (nSPS) is 10.9. The van der Waals surface area contributed by atoms with Crippen LogP contribution in [0, 0.1) is 6.92 Å². The fourth-order valence-corrected chi connectivity index (χ4v) is 1.08. The SMILES string of the molecule is Cc1cc(COC(C)C)oc1C(=O)O. The number of furan rings is 1. The van der Waals surface area contributed by atoms with Gasteiger partial charge in [0.25, 0.3) is 0 Å². The highest BCUT2D eigenvalue weighted by Crippen LogP contribution is 2.15. The predicted molar refractivity (Wildman–Crippen MR) is 50.3 cm³/mol. The van der Waals surface area contributed by atoms with Crippen LogP contribution in [0.15, 0.2) is 10.5 Å². The zero-order valence-electron chi connectivity index (χ0n) is 8.53. The smallest absolute Gasteiger partial charge is 0.372 e. The van der Waals surface area contributed by atoms with Crippen LogP contribution in [0.5, 0.6) is 0 Å². The Kier molecular flexibility index (Phi) is 3.30. The predicted octanol–water partition coefficient (Wildman–Crippen LogP) is 2.21. The molecule has 0 bridgehead atoms. The lowest BCUT2D eigenvalue weighted by Crippen LogP contribution is -2.01. The molecule has 0 aromatic carbocycles. The number of carbonyl (C=O) groups is 1. The number of aryl methyl sites for hydroxylation is 1. The first-order valence-electron chi connectivity index (χ1n) is 4.45. The number of carboxylic acid groups (broad SMARTS) is 1. The van der Waals surface area contributed by atoms with Gasteiger partial charge in [0.2, 0.25) is 5.76 Å². The first-order valence-corrected chi connectivity index (χ1v) is 4.45. The monoisotopic (exact) mass is 198 g/mol. The summed E-state index contributed by atoms with van der Waals surface area (Å²) in [5.74, 6) is -0.501. The Labute approximate surface area is 82.5 Å². The molecule has 4 heteroatoms. The Morgan fingerprint density at radius 1 is 1.64 bits per heavy atom. The van der Waals surface area contributed by atoms with Crippen LogP contribution < -0.4 is 0 Å². The van der Waals surface area contributed by atoms with Gasteiger partial charge < -0.3 is 14.3 Å². The van der Waals surface area contributed by atoms with Gasteiger partial charge >= 0.3 is 5.97 Å². The molecule has 1 N–H and O–H groups in total. The Morgan fingerprint density at radius 2 is 2.29 bits per heavy atom. The van der Waals surface area contributed by atoms with Crippen molar-refractivity contribution >= 4 is 5.97 Å². The summed E-state index contributed by atoms with van der Waals surface area (Å²) in [4.78, 5) is 10.6.